The normalized spacial score (nSPS) is 11.6. The van der Waals surface area contributed by atoms with Crippen LogP contribution < -0.4 is 4.72 Å². The van der Waals surface area contributed by atoms with E-state index in [1.54, 1.807) is 12.1 Å². The molecule has 21 heavy (non-hydrogen) atoms. The Morgan fingerprint density at radius 2 is 2.10 bits per heavy atom. The highest BCUT2D eigenvalue weighted by Crippen LogP contribution is 2.31. The van der Waals surface area contributed by atoms with Crippen molar-refractivity contribution >= 4 is 54.6 Å². The molecule has 0 amide bonds. The standard InChI is InChI=1S/C14H15BrClNO2S2/c1-10-8-13(20-14(10)15)21(18,19)17-12-6-2-4-11(9-12)5-3-7-16/h2,4,6,8-9,17H,3,5,7H2,1H3. The first kappa shape index (κ1) is 16.8. The Labute approximate surface area is 142 Å². The van der Waals surface area contributed by atoms with Crippen molar-refractivity contribution < 1.29 is 8.42 Å². The molecule has 114 valence electrons. The first-order chi connectivity index (χ1) is 9.92. The summed E-state index contributed by atoms with van der Waals surface area (Å²) in [4.78, 5) is 0. The molecule has 0 fully saturated rings. The maximum Gasteiger partial charge on any atom is 0.271 e. The van der Waals surface area contributed by atoms with Crippen LogP contribution in [0, 0.1) is 6.92 Å². The van der Waals surface area contributed by atoms with E-state index in [1.165, 1.54) is 11.3 Å². The van der Waals surface area contributed by atoms with Gasteiger partial charge in [0.15, 0.2) is 0 Å². The monoisotopic (exact) mass is 407 g/mol. The van der Waals surface area contributed by atoms with Crippen LogP contribution in [0.3, 0.4) is 0 Å². The quantitative estimate of drug-likeness (QED) is 0.698. The zero-order valence-corrected chi connectivity index (χ0v) is 15.4. The number of alkyl halides is 1. The molecule has 0 bridgehead atoms. The van der Waals surface area contributed by atoms with Crippen molar-refractivity contribution in [3.63, 3.8) is 0 Å². The second kappa shape index (κ2) is 7.13. The van der Waals surface area contributed by atoms with Crippen LogP contribution in [0.1, 0.15) is 17.5 Å². The van der Waals surface area contributed by atoms with Gasteiger partial charge in [0.05, 0.1) is 3.79 Å². The Morgan fingerprint density at radius 1 is 1.33 bits per heavy atom. The molecule has 1 N–H and O–H groups in total. The van der Waals surface area contributed by atoms with E-state index in [2.05, 4.69) is 20.7 Å². The number of thiophene rings is 1. The smallest absolute Gasteiger partial charge is 0.271 e. The number of anilines is 1. The predicted molar refractivity (Wildman–Crippen MR) is 93.0 cm³/mol. The minimum Gasteiger partial charge on any atom is -0.279 e. The van der Waals surface area contributed by atoms with E-state index in [-0.39, 0.29) is 0 Å². The number of hydrogen-bond donors (Lipinski definition) is 1. The highest BCUT2D eigenvalue weighted by Gasteiger charge is 2.18. The average Bonchev–Trinajstić information content (AvgIpc) is 2.77. The molecule has 1 aromatic heterocycles. The Balaban J connectivity index is 2.20. The molecule has 2 rings (SSSR count). The molecule has 0 spiro atoms. The number of halogens is 2. The maximum atomic E-state index is 12.3. The van der Waals surface area contributed by atoms with Crippen LogP contribution in [0.2, 0.25) is 0 Å². The number of aryl methyl sites for hydroxylation is 2. The highest BCUT2D eigenvalue weighted by atomic mass is 79.9. The van der Waals surface area contributed by atoms with Gasteiger partial charge in [-0.25, -0.2) is 8.42 Å². The van der Waals surface area contributed by atoms with Gasteiger partial charge in [-0.2, -0.15) is 0 Å². The van der Waals surface area contributed by atoms with E-state index in [1.807, 2.05) is 25.1 Å². The molecule has 0 unspecified atom stereocenters. The number of rotatable bonds is 6. The lowest BCUT2D eigenvalue weighted by Gasteiger charge is -2.08. The van der Waals surface area contributed by atoms with Gasteiger partial charge in [-0.15, -0.1) is 22.9 Å². The Kier molecular flexibility index (Phi) is 5.71. The third-order valence-corrected chi connectivity index (χ3v) is 7.14. The molecule has 0 saturated heterocycles. The van der Waals surface area contributed by atoms with Gasteiger partial charge in [-0.3, -0.25) is 4.72 Å². The summed E-state index contributed by atoms with van der Waals surface area (Å²) in [6.45, 7) is 1.87. The van der Waals surface area contributed by atoms with Gasteiger partial charge in [0, 0.05) is 11.6 Å². The number of sulfonamides is 1. The zero-order valence-electron chi connectivity index (χ0n) is 11.4. The minimum absolute atomic E-state index is 0.304. The summed E-state index contributed by atoms with van der Waals surface area (Å²) < 4.78 is 28.5. The number of nitrogens with one attached hydrogen (secondary N) is 1. The Morgan fingerprint density at radius 3 is 2.71 bits per heavy atom. The van der Waals surface area contributed by atoms with Gasteiger partial charge >= 0.3 is 0 Å². The van der Waals surface area contributed by atoms with Gasteiger partial charge in [0.25, 0.3) is 10.0 Å². The van der Waals surface area contributed by atoms with Crippen molar-refractivity contribution in [3.05, 3.63) is 45.2 Å². The molecule has 0 aliphatic carbocycles. The topological polar surface area (TPSA) is 46.2 Å². The average molecular weight is 409 g/mol. The van der Waals surface area contributed by atoms with E-state index in [4.69, 9.17) is 11.6 Å². The van der Waals surface area contributed by atoms with Crippen molar-refractivity contribution in [2.75, 3.05) is 10.6 Å². The molecule has 2 aromatic rings. The van der Waals surface area contributed by atoms with Gasteiger partial charge in [-0.1, -0.05) is 12.1 Å². The van der Waals surface area contributed by atoms with Gasteiger partial charge in [-0.05, 0) is 65.0 Å². The van der Waals surface area contributed by atoms with Crippen LogP contribution in [0.15, 0.2) is 38.3 Å². The molecular weight excluding hydrogens is 394 g/mol. The lowest BCUT2D eigenvalue weighted by atomic mass is 10.1. The summed E-state index contributed by atoms with van der Waals surface area (Å²) in [5.41, 5.74) is 2.56. The molecule has 0 radical (unpaired) electrons. The lowest BCUT2D eigenvalue weighted by molar-refractivity contribution is 0.603. The van der Waals surface area contributed by atoms with Crippen LogP contribution in [0.5, 0.6) is 0 Å². The number of hydrogen-bond acceptors (Lipinski definition) is 3. The molecule has 0 atom stereocenters. The molecule has 0 aliphatic rings. The summed E-state index contributed by atoms with van der Waals surface area (Å²) in [5.74, 6) is 0.596. The first-order valence-corrected chi connectivity index (χ1v) is 9.99. The second-order valence-corrected chi connectivity index (χ2v) is 9.28. The van der Waals surface area contributed by atoms with Crippen molar-refractivity contribution in [2.45, 2.75) is 24.0 Å². The van der Waals surface area contributed by atoms with E-state index in [9.17, 15) is 8.42 Å². The minimum atomic E-state index is -3.54. The predicted octanol–water partition coefficient (Wildman–Crippen LogP) is 4.79. The molecule has 0 saturated carbocycles. The van der Waals surface area contributed by atoms with E-state index >= 15 is 0 Å². The third kappa shape index (κ3) is 4.45. The van der Waals surface area contributed by atoms with Gasteiger partial charge in [0.2, 0.25) is 0 Å². The zero-order chi connectivity index (χ0) is 15.5. The third-order valence-electron chi connectivity index (χ3n) is 2.88. The summed E-state index contributed by atoms with van der Waals surface area (Å²) in [7, 11) is -3.54. The SMILES string of the molecule is Cc1cc(S(=O)(=O)Nc2cccc(CCCCl)c2)sc1Br. The summed E-state index contributed by atoms with van der Waals surface area (Å²) in [6.07, 6.45) is 1.71. The fourth-order valence-electron chi connectivity index (χ4n) is 1.83. The van der Waals surface area contributed by atoms with Crippen LogP contribution in [0.25, 0.3) is 0 Å². The fraction of sp³-hybridized carbons (Fsp3) is 0.286. The van der Waals surface area contributed by atoms with Crippen LogP contribution >= 0.6 is 38.9 Å². The lowest BCUT2D eigenvalue weighted by Crippen LogP contribution is -2.11. The van der Waals surface area contributed by atoms with Crippen LogP contribution in [-0.4, -0.2) is 14.3 Å². The van der Waals surface area contributed by atoms with E-state index in [0.717, 1.165) is 27.8 Å². The van der Waals surface area contributed by atoms with Crippen molar-refractivity contribution in [3.8, 4) is 0 Å². The molecule has 7 heteroatoms. The largest absolute Gasteiger partial charge is 0.279 e. The molecule has 0 aliphatic heterocycles. The van der Waals surface area contributed by atoms with E-state index < -0.39 is 10.0 Å². The van der Waals surface area contributed by atoms with Crippen molar-refractivity contribution in [2.24, 2.45) is 0 Å². The fourth-order valence-corrected chi connectivity index (χ4v) is 5.24. The highest BCUT2D eigenvalue weighted by molar-refractivity contribution is 9.11. The van der Waals surface area contributed by atoms with Crippen molar-refractivity contribution in [1.29, 1.82) is 0 Å². The van der Waals surface area contributed by atoms with Crippen molar-refractivity contribution in [1.82, 2.24) is 0 Å². The van der Waals surface area contributed by atoms with Gasteiger partial charge < -0.3 is 0 Å². The first-order valence-electron chi connectivity index (χ1n) is 6.36. The van der Waals surface area contributed by atoms with Crippen LogP contribution in [0.4, 0.5) is 5.69 Å². The molecule has 3 nitrogen and oxygen atoms in total. The molecule has 1 aromatic carbocycles. The summed E-state index contributed by atoms with van der Waals surface area (Å²) in [6, 6.07) is 9.07. The molecule has 1 heterocycles. The second-order valence-electron chi connectivity index (χ2n) is 4.62. The molecular formula is C14H15BrClNO2S2. The number of benzene rings is 1. The van der Waals surface area contributed by atoms with Crippen LogP contribution in [-0.2, 0) is 16.4 Å². The Hall–Kier alpha value is -0.560. The Bertz CT molecular complexity index is 709. The maximum absolute atomic E-state index is 12.3. The van der Waals surface area contributed by atoms with E-state index in [0.29, 0.717) is 15.8 Å². The van der Waals surface area contributed by atoms with Gasteiger partial charge in [0.1, 0.15) is 4.21 Å². The summed E-state index contributed by atoms with van der Waals surface area (Å²) in [5, 5.41) is 0. The summed E-state index contributed by atoms with van der Waals surface area (Å²) >= 11 is 10.2.